The van der Waals surface area contributed by atoms with Gasteiger partial charge in [0.05, 0.1) is 11.3 Å². The average molecular weight is 286 g/mol. The second kappa shape index (κ2) is 5.56. The number of halogens is 1. The number of ketones is 1. The monoisotopic (exact) mass is 285 g/mol. The third kappa shape index (κ3) is 2.86. The quantitative estimate of drug-likeness (QED) is 0.641. The molecule has 0 fully saturated rings. The highest BCUT2D eigenvalue weighted by atomic mass is 35.5. The van der Waals surface area contributed by atoms with Gasteiger partial charge in [-0.1, -0.05) is 11.6 Å². The van der Waals surface area contributed by atoms with E-state index in [-0.39, 0.29) is 35.5 Å². The normalized spacial score (nSPS) is 15.2. The van der Waals surface area contributed by atoms with Crippen LogP contribution in [0.4, 0.5) is 5.69 Å². The fourth-order valence-corrected chi connectivity index (χ4v) is 1.93. The van der Waals surface area contributed by atoms with Gasteiger partial charge < -0.3 is 19.9 Å². The lowest BCUT2D eigenvalue weighted by Gasteiger charge is -2.21. The lowest BCUT2D eigenvalue weighted by Crippen LogP contribution is -2.29. The number of hydrogen-bond acceptors (Lipinski definition) is 5. The number of anilines is 1. The van der Waals surface area contributed by atoms with Crippen molar-refractivity contribution in [3.63, 3.8) is 0 Å². The molecule has 1 unspecified atom stereocenters. The summed E-state index contributed by atoms with van der Waals surface area (Å²) in [5.74, 6) is -0.817. The minimum Gasteiger partial charge on any atom is -0.481 e. The van der Waals surface area contributed by atoms with Crippen LogP contribution in [0, 0.1) is 0 Å². The van der Waals surface area contributed by atoms with Gasteiger partial charge in [-0.25, -0.2) is 0 Å². The number of fused-ring (bicyclic) bond motifs is 1. The molecule has 2 rings (SSSR count). The van der Waals surface area contributed by atoms with Crippen LogP contribution in [0.25, 0.3) is 0 Å². The topological polar surface area (TPSA) is 84.9 Å². The summed E-state index contributed by atoms with van der Waals surface area (Å²) in [6, 6.07) is 2.83. The van der Waals surface area contributed by atoms with Crippen LogP contribution in [0.5, 0.6) is 5.75 Å². The molecule has 0 aromatic heterocycles. The first-order chi connectivity index (χ1) is 9.02. The molecule has 6 nitrogen and oxygen atoms in total. The molecule has 1 aliphatic rings. The van der Waals surface area contributed by atoms with Crippen molar-refractivity contribution in [3.8, 4) is 5.75 Å². The highest BCUT2D eigenvalue weighted by Gasteiger charge is 2.27. The number of benzene rings is 1. The summed E-state index contributed by atoms with van der Waals surface area (Å²) >= 11 is 5.87. The summed E-state index contributed by atoms with van der Waals surface area (Å²) < 4.78 is 10.0. The molecular weight excluding hydrogens is 274 g/mol. The van der Waals surface area contributed by atoms with Crippen LogP contribution >= 0.6 is 11.6 Å². The van der Waals surface area contributed by atoms with Crippen molar-refractivity contribution in [2.45, 2.75) is 13.2 Å². The standard InChI is InChI=1S/C12H12ClNO5/c1-2-18-12(17)10(16)7-3-6(13)4-8-11(7)19-5-9(15)14-8/h3-4,12,17H,2,5H2,1H3,(H,14,15). The van der Waals surface area contributed by atoms with Crippen LogP contribution in [-0.4, -0.2) is 36.3 Å². The van der Waals surface area contributed by atoms with Gasteiger partial charge in [-0.3, -0.25) is 9.59 Å². The van der Waals surface area contributed by atoms with Crippen molar-refractivity contribution in [2.75, 3.05) is 18.5 Å². The molecule has 0 radical (unpaired) electrons. The van der Waals surface area contributed by atoms with Crippen LogP contribution in [0.15, 0.2) is 12.1 Å². The first-order valence-electron chi connectivity index (χ1n) is 5.63. The third-order valence-corrected chi connectivity index (χ3v) is 2.71. The van der Waals surface area contributed by atoms with Gasteiger partial charge in [0.15, 0.2) is 12.4 Å². The number of carbonyl (C=O) groups is 2. The Balaban J connectivity index is 2.40. The predicted octanol–water partition coefficient (Wildman–Crippen LogP) is 1.21. The minimum absolute atomic E-state index is 0.0726. The van der Waals surface area contributed by atoms with E-state index in [1.54, 1.807) is 6.92 Å². The van der Waals surface area contributed by atoms with Gasteiger partial charge in [-0.15, -0.1) is 0 Å². The lowest BCUT2D eigenvalue weighted by molar-refractivity contribution is -0.118. The Bertz CT molecular complexity index is 531. The molecule has 1 amide bonds. The summed E-state index contributed by atoms with van der Waals surface area (Å²) in [5.41, 5.74) is 0.374. The first kappa shape index (κ1) is 13.8. The fourth-order valence-electron chi connectivity index (χ4n) is 1.72. The number of ether oxygens (including phenoxy) is 2. The summed E-state index contributed by atoms with van der Waals surface area (Å²) in [6.45, 7) is 1.65. The molecule has 1 aliphatic heterocycles. The highest BCUT2D eigenvalue weighted by Crippen LogP contribution is 2.35. The van der Waals surface area contributed by atoms with Crippen molar-refractivity contribution in [1.29, 1.82) is 0 Å². The Morgan fingerprint density at radius 2 is 2.37 bits per heavy atom. The Kier molecular flexibility index (Phi) is 4.04. The maximum absolute atomic E-state index is 12.0. The molecule has 102 valence electrons. The second-order valence-electron chi connectivity index (χ2n) is 3.84. The van der Waals surface area contributed by atoms with E-state index < -0.39 is 12.1 Å². The molecule has 2 N–H and O–H groups in total. The number of aliphatic hydroxyl groups is 1. The van der Waals surface area contributed by atoms with Gasteiger partial charge in [0, 0.05) is 11.6 Å². The molecule has 0 saturated carbocycles. The van der Waals surface area contributed by atoms with Crippen molar-refractivity contribution >= 4 is 29.0 Å². The summed E-state index contributed by atoms with van der Waals surface area (Å²) in [7, 11) is 0. The van der Waals surface area contributed by atoms with Crippen LogP contribution in [0.3, 0.4) is 0 Å². The molecule has 7 heteroatoms. The number of carbonyl (C=O) groups excluding carboxylic acids is 2. The van der Waals surface area contributed by atoms with E-state index in [2.05, 4.69) is 5.32 Å². The zero-order chi connectivity index (χ0) is 14.0. The number of rotatable bonds is 4. The number of nitrogens with one attached hydrogen (secondary N) is 1. The summed E-state index contributed by atoms with van der Waals surface area (Å²) in [6.07, 6.45) is -1.59. The minimum atomic E-state index is -1.59. The predicted molar refractivity (Wildman–Crippen MR) is 67.5 cm³/mol. The third-order valence-electron chi connectivity index (χ3n) is 2.49. The Hall–Kier alpha value is -1.63. The maximum Gasteiger partial charge on any atom is 0.262 e. The van der Waals surface area contributed by atoms with Gasteiger partial charge in [0.2, 0.25) is 12.1 Å². The van der Waals surface area contributed by atoms with E-state index in [0.717, 1.165) is 0 Å². The Morgan fingerprint density at radius 1 is 1.63 bits per heavy atom. The molecule has 1 atom stereocenters. The smallest absolute Gasteiger partial charge is 0.262 e. The van der Waals surface area contributed by atoms with Crippen molar-refractivity contribution < 1.29 is 24.2 Å². The zero-order valence-electron chi connectivity index (χ0n) is 10.1. The van der Waals surface area contributed by atoms with Crippen LogP contribution < -0.4 is 10.1 Å². The molecule has 19 heavy (non-hydrogen) atoms. The zero-order valence-corrected chi connectivity index (χ0v) is 10.9. The molecular formula is C12H12ClNO5. The molecule has 1 aromatic carbocycles. The van der Waals surface area contributed by atoms with E-state index in [9.17, 15) is 14.7 Å². The molecule has 0 saturated heterocycles. The van der Waals surface area contributed by atoms with Gasteiger partial charge >= 0.3 is 0 Å². The van der Waals surface area contributed by atoms with Gasteiger partial charge in [-0.05, 0) is 19.1 Å². The molecule has 0 spiro atoms. The van der Waals surface area contributed by atoms with Gasteiger partial charge in [0.1, 0.15) is 0 Å². The first-order valence-corrected chi connectivity index (χ1v) is 6.00. The van der Waals surface area contributed by atoms with E-state index in [1.807, 2.05) is 0 Å². The van der Waals surface area contributed by atoms with Crippen LogP contribution in [0.2, 0.25) is 5.02 Å². The largest absolute Gasteiger partial charge is 0.481 e. The lowest BCUT2D eigenvalue weighted by atomic mass is 10.1. The van der Waals surface area contributed by atoms with Crippen LogP contribution in [-0.2, 0) is 9.53 Å². The summed E-state index contributed by atoms with van der Waals surface area (Å²) in [4.78, 5) is 23.2. The Morgan fingerprint density at radius 3 is 3.05 bits per heavy atom. The van der Waals surface area contributed by atoms with Gasteiger partial charge in [-0.2, -0.15) is 0 Å². The molecule has 1 heterocycles. The maximum atomic E-state index is 12.0. The number of amides is 1. The fraction of sp³-hybridized carbons (Fsp3) is 0.333. The SMILES string of the molecule is CCOC(O)C(=O)c1cc(Cl)cc2c1OCC(=O)N2. The molecule has 0 aliphatic carbocycles. The van der Waals surface area contributed by atoms with Gasteiger partial charge in [0.25, 0.3) is 5.91 Å². The van der Waals surface area contributed by atoms with Crippen molar-refractivity contribution in [3.05, 3.63) is 22.7 Å². The summed E-state index contributed by atoms with van der Waals surface area (Å²) in [5, 5.41) is 12.3. The number of Topliss-reactive ketones (excluding diaryl/α,β-unsaturated/α-hetero) is 1. The molecule has 0 bridgehead atoms. The number of aliphatic hydroxyl groups excluding tert-OH is 1. The van der Waals surface area contributed by atoms with E-state index in [1.165, 1.54) is 12.1 Å². The van der Waals surface area contributed by atoms with E-state index in [4.69, 9.17) is 21.1 Å². The average Bonchev–Trinajstić information content (AvgIpc) is 2.36. The highest BCUT2D eigenvalue weighted by molar-refractivity contribution is 6.31. The second-order valence-corrected chi connectivity index (χ2v) is 4.28. The Labute approximate surface area is 114 Å². The molecule has 1 aromatic rings. The van der Waals surface area contributed by atoms with E-state index >= 15 is 0 Å². The van der Waals surface area contributed by atoms with Crippen molar-refractivity contribution in [2.24, 2.45) is 0 Å². The van der Waals surface area contributed by atoms with Crippen molar-refractivity contribution in [1.82, 2.24) is 0 Å². The number of hydrogen-bond donors (Lipinski definition) is 2. The van der Waals surface area contributed by atoms with Crippen LogP contribution in [0.1, 0.15) is 17.3 Å². The van der Waals surface area contributed by atoms with E-state index in [0.29, 0.717) is 5.69 Å².